The van der Waals surface area contributed by atoms with E-state index in [1.54, 1.807) is 35.3 Å². The first-order chi connectivity index (χ1) is 8.58. The minimum Gasteiger partial charge on any atom is -0.467 e. The molecule has 1 aromatic carbocycles. The van der Waals surface area contributed by atoms with E-state index in [0.29, 0.717) is 5.56 Å². The van der Waals surface area contributed by atoms with Crippen molar-refractivity contribution in [1.82, 2.24) is 0 Å². The van der Waals surface area contributed by atoms with Crippen molar-refractivity contribution in [3.8, 4) is 0 Å². The maximum atomic E-state index is 11.4. The van der Waals surface area contributed by atoms with E-state index in [4.69, 9.17) is 0 Å². The fourth-order valence-corrected chi connectivity index (χ4v) is 4.19. The Balaban J connectivity index is 3.27. The van der Waals surface area contributed by atoms with Crippen LogP contribution in [-0.4, -0.2) is 37.0 Å². The van der Waals surface area contributed by atoms with Crippen molar-refractivity contribution in [2.24, 2.45) is 0 Å². The van der Waals surface area contributed by atoms with Crippen LogP contribution in [0.25, 0.3) is 0 Å². The average Bonchev–Trinajstić information content (AvgIpc) is 2.43. The number of hydrogen-bond donors (Lipinski definition) is 1. The normalized spacial score (nSPS) is 12.3. The molecule has 0 aliphatic carbocycles. The lowest BCUT2D eigenvalue weighted by Gasteiger charge is -2.15. The molecule has 0 spiro atoms. The van der Waals surface area contributed by atoms with Crippen molar-refractivity contribution in [1.29, 1.82) is 0 Å². The monoisotopic (exact) mass is 304 g/mol. The Bertz CT molecular complexity index is 410. The molecule has 1 N–H and O–H groups in total. The van der Waals surface area contributed by atoms with E-state index >= 15 is 0 Å². The molecule has 3 nitrogen and oxygen atoms in total. The SMILES string of the molecule is COC(=O)C(O)c1cc(SC)c(SC)c(SC)c1. The molecule has 0 aliphatic rings. The first-order valence-electron chi connectivity index (χ1n) is 5.14. The Labute approximate surface area is 120 Å². The van der Waals surface area contributed by atoms with Crippen LogP contribution in [0.2, 0.25) is 0 Å². The van der Waals surface area contributed by atoms with Gasteiger partial charge in [-0.15, -0.1) is 35.3 Å². The summed E-state index contributed by atoms with van der Waals surface area (Å²) in [6, 6.07) is 3.69. The van der Waals surface area contributed by atoms with Crippen LogP contribution in [0.4, 0.5) is 0 Å². The lowest BCUT2D eigenvalue weighted by atomic mass is 10.1. The van der Waals surface area contributed by atoms with Gasteiger partial charge in [0.25, 0.3) is 0 Å². The van der Waals surface area contributed by atoms with Gasteiger partial charge in [-0.05, 0) is 36.5 Å². The summed E-state index contributed by atoms with van der Waals surface area (Å²) < 4.78 is 4.56. The van der Waals surface area contributed by atoms with Crippen LogP contribution in [0.15, 0.2) is 26.8 Å². The van der Waals surface area contributed by atoms with Gasteiger partial charge in [0.1, 0.15) is 0 Å². The molecule has 1 aromatic rings. The first kappa shape index (κ1) is 15.8. The molecule has 18 heavy (non-hydrogen) atoms. The number of carbonyl (C=O) groups excluding carboxylic acids is 1. The quantitative estimate of drug-likeness (QED) is 0.666. The topological polar surface area (TPSA) is 46.5 Å². The number of ether oxygens (including phenoxy) is 1. The predicted octanol–water partition coefficient (Wildman–Crippen LogP) is 3.06. The number of thioether (sulfide) groups is 3. The number of rotatable bonds is 5. The van der Waals surface area contributed by atoms with E-state index in [1.807, 2.05) is 30.9 Å². The molecule has 0 aliphatic heterocycles. The van der Waals surface area contributed by atoms with E-state index in [2.05, 4.69) is 4.74 Å². The summed E-state index contributed by atoms with van der Waals surface area (Å²) >= 11 is 4.87. The number of aliphatic hydroxyl groups is 1. The standard InChI is InChI=1S/C12H16O3S3/c1-15-12(14)10(13)7-5-8(16-2)11(18-4)9(6-7)17-3/h5-6,10,13H,1-4H3. The lowest BCUT2D eigenvalue weighted by Crippen LogP contribution is -2.13. The summed E-state index contributed by atoms with van der Waals surface area (Å²) in [6.45, 7) is 0. The molecule has 1 unspecified atom stereocenters. The average molecular weight is 304 g/mol. The predicted molar refractivity (Wildman–Crippen MR) is 78.8 cm³/mol. The Kier molecular flexibility index (Phi) is 6.42. The molecule has 0 saturated carbocycles. The van der Waals surface area contributed by atoms with Gasteiger partial charge < -0.3 is 9.84 Å². The number of hydrogen-bond acceptors (Lipinski definition) is 6. The Hall–Kier alpha value is -0.300. The third kappa shape index (κ3) is 3.38. The third-order valence-electron chi connectivity index (χ3n) is 2.43. The van der Waals surface area contributed by atoms with Crippen LogP contribution >= 0.6 is 35.3 Å². The van der Waals surface area contributed by atoms with Crippen LogP contribution < -0.4 is 0 Å². The fourth-order valence-electron chi connectivity index (χ4n) is 1.51. The second-order valence-corrected chi connectivity index (χ2v) is 5.90. The zero-order valence-corrected chi connectivity index (χ0v) is 13.2. The number of carbonyl (C=O) groups is 1. The van der Waals surface area contributed by atoms with Crippen molar-refractivity contribution in [3.63, 3.8) is 0 Å². The zero-order valence-electron chi connectivity index (χ0n) is 10.7. The van der Waals surface area contributed by atoms with Crippen molar-refractivity contribution >= 4 is 41.3 Å². The number of benzene rings is 1. The fraction of sp³-hybridized carbons (Fsp3) is 0.417. The molecular weight excluding hydrogens is 288 g/mol. The van der Waals surface area contributed by atoms with E-state index in [9.17, 15) is 9.90 Å². The maximum Gasteiger partial charge on any atom is 0.339 e. The third-order valence-corrected chi connectivity index (χ3v) is 5.06. The molecule has 0 saturated heterocycles. The highest BCUT2D eigenvalue weighted by atomic mass is 32.2. The molecule has 0 amide bonds. The van der Waals surface area contributed by atoms with Gasteiger partial charge in [-0.2, -0.15) is 0 Å². The molecule has 6 heteroatoms. The summed E-state index contributed by atoms with van der Waals surface area (Å²) in [5, 5.41) is 9.89. The molecule has 0 radical (unpaired) electrons. The molecule has 0 bridgehead atoms. The van der Waals surface area contributed by atoms with E-state index in [1.165, 1.54) is 12.0 Å². The van der Waals surface area contributed by atoms with Gasteiger partial charge in [0.15, 0.2) is 6.10 Å². The second-order valence-electron chi connectivity index (χ2n) is 3.38. The molecule has 1 atom stereocenters. The Morgan fingerprint density at radius 1 is 1.17 bits per heavy atom. The summed E-state index contributed by atoms with van der Waals surface area (Å²) in [4.78, 5) is 14.7. The molecular formula is C12H16O3S3. The lowest BCUT2D eigenvalue weighted by molar-refractivity contribution is -0.150. The second kappa shape index (κ2) is 7.33. The summed E-state index contributed by atoms with van der Waals surface area (Å²) in [6.07, 6.45) is 4.76. The van der Waals surface area contributed by atoms with Crippen molar-refractivity contribution in [2.75, 3.05) is 25.9 Å². The van der Waals surface area contributed by atoms with E-state index in [-0.39, 0.29) is 0 Å². The van der Waals surface area contributed by atoms with Crippen LogP contribution in [0, 0.1) is 0 Å². The highest BCUT2D eigenvalue weighted by Gasteiger charge is 2.20. The summed E-state index contributed by atoms with van der Waals surface area (Å²) in [7, 11) is 1.27. The number of aliphatic hydroxyl groups excluding tert-OH is 1. The minimum absolute atomic E-state index is 0.577. The molecule has 0 fully saturated rings. The Morgan fingerprint density at radius 2 is 1.67 bits per heavy atom. The molecule has 1 rings (SSSR count). The number of esters is 1. The maximum absolute atomic E-state index is 11.4. The van der Waals surface area contributed by atoms with Crippen molar-refractivity contribution < 1.29 is 14.6 Å². The zero-order chi connectivity index (χ0) is 13.7. The summed E-state index contributed by atoms with van der Waals surface area (Å²) in [5.41, 5.74) is 0.577. The minimum atomic E-state index is -1.22. The van der Waals surface area contributed by atoms with Crippen LogP contribution in [0.1, 0.15) is 11.7 Å². The van der Waals surface area contributed by atoms with Crippen LogP contribution in [-0.2, 0) is 9.53 Å². The van der Waals surface area contributed by atoms with Crippen molar-refractivity contribution in [2.45, 2.75) is 20.8 Å². The van der Waals surface area contributed by atoms with Gasteiger partial charge in [-0.3, -0.25) is 0 Å². The van der Waals surface area contributed by atoms with Crippen LogP contribution in [0.3, 0.4) is 0 Å². The van der Waals surface area contributed by atoms with Gasteiger partial charge in [0.05, 0.1) is 7.11 Å². The smallest absolute Gasteiger partial charge is 0.339 e. The highest BCUT2D eigenvalue weighted by Crippen LogP contribution is 2.38. The van der Waals surface area contributed by atoms with Crippen LogP contribution in [0.5, 0.6) is 0 Å². The number of methoxy groups -OCH3 is 1. The largest absolute Gasteiger partial charge is 0.467 e. The van der Waals surface area contributed by atoms with Gasteiger partial charge in [0.2, 0.25) is 0 Å². The van der Waals surface area contributed by atoms with Gasteiger partial charge in [0, 0.05) is 14.7 Å². The van der Waals surface area contributed by atoms with Gasteiger partial charge in [-0.25, -0.2) is 4.79 Å². The molecule has 100 valence electrons. The Morgan fingerprint density at radius 3 is 2.00 bits per heavy atom. The first-order valence-corrected chi connectivity index (χ1v) is 8.82. The van der Waals surface area contributed by atoms with Crippen molar-refractivity contribution in [3.05, 3.63) is 17.7 Å². The van der Waals surface area contributed by atoms with Gasteiger partial charge in [-0.1, -0.05) is 0 Å². The van der Waals surface area contributed by atoms with E-state index in [0.717, 1.165) is 9.79 Å². The van der Waals surface area contributed by atoms with Gasteiger partial charge >= 0.3 is 5.97 Å². The molecule has 0 aromatic heterocycles. The molecule has 0 heterocycles. The highest BCUT2D eigenvalue weighted by molar-refractivity contribution is 8.03. The summed E-state index contributed by atoms with van der Waals surface area (Å²) in [5.74, 6) is -0.633. The van der Waals surface area contributed by atoms with E-state index < -0.39 is 12.1 Å².